The predicted octanol–water partition coefficient (Wildman–Crippen LogP) is 2.15. The van der Waals surface area contributed by atoms with Crippen molar-refractivity contribution in [3.63, 3.8) is 0 Å². The molecule has 0 aromatic heterocycles. The topological polar surface area (TPSA) is 66.0 Å². The van der Waals surface area contributed by atoms with Gasteiger partial charge in [-0.2, -0.15) is 0 Å². The van der Waals surface area contributed by atoms with Crippen molar-refractivity contribution in [1.82, 2.24) is 15.5 Å². The quantitative estimate of drug-likeness (QED) is 0.276. The molecule has 0 bridgehead atoms. The summed E-state index contributed by atoms with van der Waals surface area (Å²) in [7, 11) is 3.51. The fourth-order valence-electron chi connectivity index (χ4n) is 4.73. The highest BCUT2D eigenvalue weighted by Gasteiger charge is 2.65. The molecular formula is C19H33IN4O2. The molecule has 26 heavy (non-hydrogen) atoms. The van der Waals surface area contributed by atoms with E-state index in [2.05, 4.69) is 22.2 Å². The van der Waals surface area contributed by atoms with Gasteiger partial charge in [0.15, 0.2) is 5.96 Å². The molecule has 2 aliphatic carbocycles. The molecule has 1 heterocycles. The van der Waals surface area contributed by atoms with Crippen LogP contribution in [0.5, 0.6) is 0 Å². The van der Waals surface area contributed by atoms with E-state index < -0.39 is 0 Å². The van der Waals surface area contributed by atoms with E-state index in [1.54, 1.807) is 19.0 Å². The summed E-state index contributed by atoms with van der Waals surface area (Å²) < 4.78 is 6.05. The van der Waals surface area contributed by atoms with Crippen molar-refractivity contribution < 1.29 is 9.53 Å². The molecule has 7 heteroatoms. The standard InChI is InChI=1S/C19H32N4O2.HI/c1-13(2)11-20-18(21-12-15(24)23(3)4)22-16-14-7-10-25-17(14)19(16)8-5-6-9-19;/h14,16-17H,1,5-12H2,2-4H3,(H2,20,21,22);1H. The number of carbonyl (C=O) groups excluding carboxylic acids is 1. The smallest absolute Gasteiger partial charge is 0.243 e. The Labute approximate surface area is 174 Å². The Morgan fingerprint density at radius 3 is 2.65 bits per heavy atom. The molecule has 0 aromatic rings. The Morgan fingerprint density at radius 1 is 1.35 bits per heavy atom. The van der Waals surface area contributed by atoms with Gasteiger partial charge in [-0.15, -0.1) is 24.0 Å². The van der Waals surface area contributed by atoms with Crippen molar-refractivity contribution in [2.45, 2.75) is 51.2 Å². The Balaban J connectivity index is 0.00000243. The number of amides is 1. The van der Waals surface area contributed by atoms with Gasteiger partial charge in [0, 0.05) is 44.6 Å². The maximum atomic E-state index is 11.9. The molecule has 0 radical (unpaired) electrons. The van der Waals surface area contributed by atoms with Crippen molar-refractivity contribution >= 4 is 35.8 Å². The third-order valence-electron chi connectivity index (χ3n) is 6.01. The highest BCUT2D eigenvalue weighted by atomic mass is 127. The molecular weight excluding hydrogens is 443 g/mol. The van der Waals surface area contributed by atoms with E-state index in [1.165, 1.54) is 25.7 Å². The average Bonchev–Trinajstić information content (AvgIpc) is 3.21. The van der Waals surface area contributed by atoms with Crippen LogP contribution >= 0.6 is 24.0 Å². The fourth-order valence-corrected chi connectivity index (χ4v) is 4.73. The molecule has 0 aromatic carbocycles. The van der Waals surface area contributed by atoms with Gasteiger partial charge in [0.05, 0.1) is 6.10 Å². The van der Waals surface area contributed by atoms with Crippen LogP contribution in [0.15, 0.2) is 17.1 Å². The van der Waals surface area contributed by atoms with Gasteiger partial charge in [-0.3, -0.25) is 4.79 Å². The summed E-state index contributed by atoms with van der Waals surface area (Å²) in [6.07, 6.45) is 6.57. The van der Waals surface area contributed by atoms with Crippen LogP contribution in [0.4, 0.5) is 0 Å². The van der Waals surface area contributed by atoms with Crippen LogP contribution in [0, 0.1) is 11.3 Å². The Morgan fingerprint density at radius 2 is 2.04 bits per heavy atom. The van der Waals surface area contributed by atoms with Crippen LogP contribution in [0.1, 0.15) is 39.0 Å². The molecule has 3 rings (SSSR count). The number of rotatable bonds is 5. The fraction of sp³-hybridized carbons (Fsp3) is 0.789. The average molecular weight is 476 g/mol. The number of fused-ring (bicyclic) bond motifs is 2. The molecule has 1 spiro atoms. The molecule has 6 nitrogen and oxygen atoms in total. The first kappa shape index (κ1) is 21.5. The second-order valence-corrected chi connectivity index (χ2v) is 8.07. The molecule has 1 saturated heterocycles. The number of guanidine groups is 1. The lowest BCUT2D eigenvalue weighted by atomic mass is 9.54. The lowest BCUT2D eigenvalue weighted by molar-refractivity contribution is -0.127. The number of ether oxygens (including phenoxy) is 1. The molecule has 1 amide bonds. The van der Waals surface area contributed by atoms with Crippen LogP contribution in [-0.4, -0.2) is 62.7 Å². The van der Waals surface area contributed by atoms with Gasteiger partial charge < -0.3 is 20.3 Å². The SMILES string of the molecule is C=C(C)CNC(=NCC(=O)N(C)C)NC1C2CCOC2C12CCCC2.I. The van der Waals surface area contributed by atoms with E-state index in [0.29, 0.717) is 24.6 Å². The first-order valence-corrected chi connectivity index (χ1v) is 9.45. The Kier molecular flexibility index (Phi) is 7.35. The summed E-state index contributed by atoms with van der Waals surface area (Å²) >= 11 is 0. The zero-order valence-electron chi connectivity index (χ0n) is 16.2. The highest BCUT2D eigenvalue weighted by Crippen LogP contribution is 2.60. The molecule has 2 saturated carbocycles. The number of halogens is 1. The second kappa shape index (κ2) is 8.91. The van der Waals surface area contributed by atoms with Gasteiger partial charge in [-0.05, 0) is 26.2 Å². The minimum atomic E-state index is 0. The van der Waals surface area contributed by atoms with Crippen LogP contribution in [0.3, 0.4) is 0 Å². The van der Waals surface area contributed by atoms with Gasteiger partial charge in [0.1, 0.15) is 6.54 Å². The third-order valence-corrected chi connectivity index (χ3v) is 6.01. The number of nitrogens with zero attached hydrogens (tertiary/aromatic N) is 2. The number of aliphatic imine (C=N–C) groups is 1. The van der Waals surface area contributed by atoms with E-state index >= 15 is 0 Å². The van der Waals surface area contributed by atoms with Gasteiger partial charge in [0.2, 0.25) is 5.91 Å². The zero-order chi connectivity index (χ0) is 18.0. The van der Waals surface area contributed by atoms with Gasteiger partial charge >= 0.3 is 0 Å². The third kappa shape index (κ3) is 4.18. The number of hydrogen-bond donors (Lipinski definition) is 2. The van der Waals surface area contributed by atoms with Crippen molar-refractivity contribution in [3.05, 3.63) is 12.2 Å². The van der Waals surface area contributed by atoms with Crippen molar-refractivity contribution in [1.29, 1.82) is 0 Å². The number of likely N-dealkylation sites (N-methyl/N-ethyl adjacent to an activating group) is 1. The molecule has 2 N–H and O–H groups in total. The molecule has 3 atom stereocenters. The first-order chi connectivity index (χ1) is 11.9. The predicted molar refractivity (Wildman–Crippen MR) is 115 cm³/mol. The largest absolute Gasteiger partial charge is 0.377 e. The van der Waals surface area contributed by atoms with Crippen LogP contribution in [-0.2, 0) is 9.53 Å². The number of hydrogen-bond acceptors (Lipinski definition) is 3. The summed E-state index contributed by atoms with van der Waals surface area (Å²) in [5.74, 6) is 1.29. The minimum absolute atomic E-state index is 0. The van der Waals surface area contributed by atoms with E-state index in [1.807, 2.05) is 6.92 Å². The van der Waals surface area contributed by atoms with Gasteiger partial charge in [-0.1, -0.05) is 25.0 Å². The summed E-state index contributed by atoms with van der Waals surface area (Å²) in [4.78, 5) is 18.0. The van der Waals surface area contributed by atoms with Crippen molar-refractivity contribution in [2.24, 2.45) is 16.3 Å². The summed E-state index contributed by atoms with van der Waals surface area (Å²) in [5, 5.41) is 6.98. The van der Waals surface area contributed by atoms with Crippen LogP contribution < -0.4 is 10.6 Å². The van der Waals surface area contributed by atoms with E-state index in [0.717, 1.165) is 24.6 Å². The maximum absolute atomic E-state index is 11.9. The van der Waals surface area contributed by atoms with E-state index in [4.69, 9.17) is 4.74 Å². The van der Waals surface area contributed by atoms with E-state index in [9.17, 15) is 4.79 Å². The van der Waals surface area contributed by atoms with E-state index in [-0.39, 0.29) is 41.8 Å². The second-order valence-electron chi connectivity index (χ2n) is 8.07. The molecule has 3 unspecified atom stereocenters. The Hall–Kier alpha value is -0.830. The molecule has 3 fully saturated rings. The normalized spacial score (nSPS) is 28.7. The summed E-state index contributed by atoms with van der Waals surface area (Å²) in [5.41, 5.74) is 1.30. The summed E-state index contributed by atoms with van der Waals surface area (Å²) in [6.45, 7) is 7.62. The minimum Gasteiger partial charge on any atom is -0.377 e. The van der Waals surface area contributed by atoms with Gasteiger partial charge in [0.25, 0.3) is 0 Å². The van der Waals surface area contributed by atoms with Crippen LogP contribution in [0.2, 0.25) is 0 Å². The zero-order valence-corrected chi connectivity index (χ0v) is 18.5. The lowest BCUT2D eigenvalue weighted by Crippen LogP contribution is -2.69. The lowest BCUT2D eigenvalue weighted by Gasteiger charge is -2.57. The molecule has 1 aliphatic heterocycles. The van der Waals surface area contributed by atoms with Crippen molar-refractivity contribution in [3.8, 4) is 0 Å². The van der Waals surface area contributed by atoms with Crippen molar-refractivity contribution in [2.75, 3.05) is 33.8 Å². The monoisotopic (exact) mass is 476 g/mol. The Bertz CT molecular complexity index is 558. The number of nitrogens with one attached hydrogen (secondary N) is 2. The first-order valence-electron chi connectivity index (χ1n) is 9.45. The maximum Gasteiger partial charge on any atom is 0.243 e. The van der Waals surface area contributed by atoms with Gasteiger partial charge in [-0.25, -0.2) is 4.99 Å². The molecule has 3 aliphatic rings. The summed E-state index contributed by atoms with van der Waals surface area (Å²) in [6, 6.07) is 0.397. The highest BCUT2D eigenvalue weighted by molar-refractivity contribution is 14.0. The number of carbonyl (C=O) groups is 1. The molecule has 148 valence electrons. The van der Waals surface area contributed by atoms with Crippen LogP contribution in [0.25, 0.3) is 0 Å².